The molecule has 1 unspecified atom stereocenters. The minimum atomic E-state index is 0.436. The molecule has 3 heteroatoms. The highest BCUT2D eigenvalue weighted by atomic mass is 16.1. The van der Waals surface area contributed by atoms with Crippen LogP contribution in [0.3, 0.4) is 0 Å². The number of Topliss-reactive ketones (excluding diaryl/α,β-unsaturated/α-hetero) is 1. The number of carbonyl (C=O) groups is 1. The van der Waals surface area contributed by atoms with Gasteiger partial charge in [-0.25, -0.2) is 0 Å². The number of nitrogens with one attached hydrogen (secondary N) is 1. The van der Waals surface area contributed by atoms with Crippen LogP contribution < -0.4 is 5.32 Å². The van der Waals surface area contributed by atoms with Crippen LogP contribution in [0, 0.1) is 5.92 Å². The molecule has 168 valence electrons. The Morgan fingerprint density at radius 2 is 1.29 bits per heavy atom. The molecule has 0 spiro atoms. The Kier molecular flexibility index (Phi) is 17.2. The van der Waals surface area contributed by atoms with Gasteiger partial charge in [0.1, 0.15) is 11.9 Å². The van der Waals surface area contributed by atoms with E-state index in [-0.39, 0.29) is 0 Å². The lowest BCUT2D eigenvalue weighted by atomic mass is 10.0. The molecular formula is C25H53N2O+. The Hall–Kier alpha value is -0.410. The highest BCUT2D eigenvalue weighted by Gasteiger charge is 2.23. The number of hydrogen-bond acceptors (Lipinski definition) is 2. The van der Waals surface area contributed by atoms with Gasteiger partial charge in [-0.1, -0.05) is 85.0 Å². The smallest absolute Gasteiger partial charge is 0.142 e. The van der Waals surface area contributed by atoms with Gasteiger partial charge in [0.15, 0.2) is 0 Å². The van der Waals surface area contributed by atoms with Crippen molar-refractivity contribution in [3.63, 3.8) is 0 Å². The lowest BCUT2D eigenvalue weighted by Crippen LogP contribution is -2.55. The molecule has 0 aliphatic carbocycles. The molecule has 0 aromatic heterocycles. The summed E-state index contributed by atoms with van der Waals surface area (Å²) in [5, 5.41) is 3.59. The molecule has 0 aromatic rings. The first-order valence-corrected chi connectivity index (χ1v) is 12.4. The number of unbranched alkanes of at least 4 members (excludes halogenated alkanes) is 9. The third-order valence-corrected chi connectivity index (χ3v) is 6.32. The second kappa shape index (κ2) is 17.4. The van der Waals surface area contributed by atoms with Gasteiger partial charge in [0.05, 0.1) is 20.6 Å². The highest BCUT2D eigenvalue weighted by Crippen LogP contribution is 2.14. The summed E-state index contributed by atoms with van der Waals surface area (Å²) in [5.41, 5.74) is 0. The van der Waals surface area contributed by atoms with Crippen molar-refractivity contribution in [2.24, 2.45) is 5.92 Å². The predicted octanol–water partition coefficient (Wildman–Crippen LogP) is 6.70. The summed E-state index contributed by atoms with van der Waals surface area (Å²) in [6.07, 6.45) is 17.8. The van der Waals surface area contributed by atoms with E-state index >= 15 is 0 Å². The van der Waals surface area contributed by atoms with E-state index in [1.807, 2.05) is 0 Å². The summed E-state index contributed by atoms with van der Waals surface area (Å²) < 4.78 is 0.975. The lowest BCUT2D eigenvalue weighted by molar-refractivity contribution is -0.916. The first-order valence-electron chi connectivity index (χ1n) is 12.4. The molecule has 0 radical (unpaired) electrons. The van der Waals surface area contributed by atoms with Crippen molar-refractivity contribution in [3.05, 3.63) is 0 Å². The summed E-state index contributed by atoms with van der Waals surface area (Å²) >= 11 is 0. The van der Waals surface area contributed by atoms with Gasteiger partial charge >= 0.3 is 0 Å². The molecule has 1 N–H and O–H groups in total. The number of quaternary nitrogens is 1. The van der Waals surface area contributed by atoms with Crippen molar-refractivity contribution in [1.29, 1.82) is 0 Å². The van der Waals surface area contributed by atoms with Crippen LogP contribution in [-0.4, -0.2) is 43.6 Å². The van der Waals surface area contributed by atoms with Crippen LogP contribution in [0.4, 0.5) is 0 Å². The number of hydrogen-bond donors (Lipinski definition) is 1. The Morgan fingerprint density at radius 1 is 0.786 bits per heavy atom. The average molecular weight is 398 g/mol. The topological polar surface area (TPSA) is 29.1 Å². The molecular weight excluding hydrogens is 344 g/mol. The Labute approximate surface area is 177 Å². The van der Waals surface area contributed by atoms with Gasteiger partial charge in [0.25, 0.3) is 0 Å². The van der Waals surface area contributed by atoms with Gasteiger partial charge < -0.3 is 4.48 Å². The maximum Gasteiger partial charge on any atom is 0.142 e. The predicted molar refractivity (Wildman–Crippen MR) is 125 cm³/mol. The van der Waals surface area contributed by atoms with Gasteiger partial charge in [-0.3, -0.25) is 10.1 Å². The molecule has 3 nitrogen and oxygen atoms in total. The van der Waals surface area contributed by atoms with Crippen LogP contribution in [0.25, 0.3) is 0 Å². The van der Waals surface area contributed by atoms with Gasteiger partial charge in [-0.15, -0.1) is 0 Å². The average Bonchev–Trinajstić information content (AvgIpc) is 2.65. The summed E-state index contributed by atoms with van der Waals surface area (Å²) in [6, 6.07) is 0. The van der Waals surface area contributed by atoms with Gasteiger partial charge in [0.2, 0.25) is 0 Å². The fourth-order valence-corrected chi connectivity index (χ4v) is 3.90. The van der Waals surface area contributed by atoms with Crippen LogP contribution in [-0.2, 0) is 4.79 Å². The second-order valence-electron chi connectivity index (χ2n) is 9.73. The molecule has 0 amide bonds. The zero-order valence-electron chi connectivity index (χ0n) is 20.3. The number of nitrogens with zero attached hydrogens (tertiary/aromatic N) is 1. The molecule has 28 heavy (non-hydrogen) atoms. The molecule has 0 aliphatic rings. The van der Waals surface area contributed by atoms with Gasteiger partial charge in [-0.2, -0.15) is 0 Å². The van der Waals surface area contributed by atoms with Gasteiger partial charge in [0, 0.05) is 25.8 Å². The van der Waals surface area contributed by atoms with Crippen LogP contribution in [0.2, 0.25) is 0 Å². The quantitative estimate of drug-likeness (QED) is 0.141. The van der Waals surface area contributed by atoms with Crippen molar-refractivity contribution in [2.45, 2.75) is 124 Å². The molecule has 0 saturated heterocycles. The minimum absolute atomic E-state index is 0.436. The molecule has 0 bridgehead atoms. The molecule has 0 rings (SSSR count). The molecule has 0 saturated carbocycles. The Balaban J connectivity index is 3.46. The van der Waals surface area contributed by atoms with Crippen molar-refractivity contribution < 1.29 is 9.28 Å². The number of ketones is 1. The molecule has 0 aromatic carbocycles. The van der Waals surface area contributed by atoms with Gasteiger partial charge in [-0.05, 0) is 19.3 Å². The fraction of sp³-hybridized carbons (Fsp3) is 0.960. The third-order valence-electron chi connectivity index (χ3n) is 6.32. The molecule has 0 heterocycles. The van der Waals surface area contributed by atoms with Crippen molar-refractivity contribution >= 4 is 5.78 Å². The molecule has 0 fully saturated rings. The lowest BCUT2D eigenvalue weighted by Gasteiger charge is -2.37. The van der Waals surface area contributed by atoms with E-state index in [1.54, 1.807) is 0 Å². The maximum absolute atomic E-state index is 12.1. The second-order valence-corrected chi connectivity index (χ2v) is 9.73. The van der Waals surface area contributed by atoms with Crippen LogP contribution in [0.15, 0.2) is 0 Å². The van der Waals surface area contributed by atoms with E-state index in [0.717, 1.165) is 42.8 Å². The van der Waals surface area contributed by atoms with E-state index in [2.05, 4.69) is 47.1 Å². The summed E-state index contributed by atoms with van der Waals surface area (Å²) in [7, 11) is 4.52. The summed E-state index contributed by atoms with van der Waals surface area (Å²) in [6.45, 7) is 11.0. The van der Waals surface area contributed by atoms with Crippen molar-refractivity contribution in [1.82, 2.24) is 5.32 Å². The first-order chi connectivity index (χ1) is 13.3. The van der Waals surface area contributed by atoms with Crippen LogP contribution >= 0.6 is 0 Å². The SMILES string of the molecule is CCC(NCCC(=O)CCCCCCCCCCCCC(C)C)[N+](C)(C)CC. The maximum atomic E-state index is 12.1. The van der Waals surface area contributed by atoms with E-state index in [9.17, 15) is 4.79 Å². The van der Waals surface area contributed by atoms with Crippen molar-refractivity contribution in [2.75, 3.05) is 27.2 Å². The largest absolute Gasteiger partial charge is 0.314 e. The normalized spacial score (nSPS) is 13.2. The van der Waals surface area contributed by atoms with E-state index in [1.165, 1.54) is 64.2 Å². The van der Waals surface area contributed by atoms with Crippen molar-refractivity contribution in [3.8, 4) is 0 Å². The first kappa shape index (κ1) is 27.6. The fourth-order valence-electron chi connectivity index (χ4n) is 3.90. The molecule has 1 atom stereocenters. The highest BCUT2D eigenvalue weighted by molar-refractivity contribution is 5.78. The number of carbonyl (C=O) groups excluding carboxylic acids is 1. The minimum Gasteiger partial charge on any atom is -0.314 e. The zero-order valence-corrected chi connectivity index (χ0v) is 20.3. The summed E-state index contributed by atoms with van der Waals surface area (Å²) in [5.74, 6) is 1.30. The Bertz CT molecular complexity index is 366. The standard InChI is InChI=1S/C25H53N2O/c1-7-25(27(5,6)8-2)26-22-21-24(28)20-18-16-14-12-10-9-11-13-15-17-19-23(3)4/h23,25-26H,7-22H2,1-6H3/q+1. The zero-order chi connectivity index (χ0) is 21.3. The molecule has 0 aliphatic heterocycles. The van der Waals surface area contributed by atoms with E-state index < -0.39 is 0 Å². The van der Waals surface area contributed by atoms with E-state index in [0.29, 0.717) is 18.4 Å². The third kappa shape index (κ3) is 15.5. The monoisotopic (exact) mass is 397 g/mol. The Morgan fingerprint density at radius 3 is 1.75 bits per heavy atom. The van der Waals surface area contributed by atoms with Crippen LogP contribution in [0.5, 0.6) is 0 Å². The summed E-state index contributed by atoms with van der Waals surface area (Å²) in [4.78, 5) is 12.1. The van der Waals surface area contributed by atoms with E-state index in [4.69, 9.17) is 0 Å². The van der Waals surface area contributed by atoms with Crippen LogP contribution in [0.1, 0.15) is 118 Å². The number of rotatable bonds is 20.